The summed E-state index contributed by atoms with van der Waals surface area (Å²) in [6, 6.07) is 22.7. The Bertz CT molecular complexity index is 934. The van der Waals surface area contributed by atoms with Crippen molar-refractivity contribution in [2.45, 2.75) is 37.0 Å². The molecule has 0 bridgehead atoms. The highest BCUT2D eigenvalue weighted by Gasteiger charge is 2.63. The number of hydrogen-bond acceptors (Lipinski definition) is 3. The number of benzene rings is 2. The molecule has 1 fully saturated rings. The van der Waals surface area contributed by atoms with Crippen molar-refractivity contribution in [2.24, 2.45) is 11.3 Å². The molecule has 0 radical (unpaired) electrons. The zero-order valence-corrected chi connectivity index (χ0v) is 17.0. The first-order valence-corrected chi connectivity index (χ1v) is 10.5. The van der Waals surface area contributed by atoms with Gasteiger partial charge in [-0.15, -0.1) is 11.8 Å². The Morgan fingerprint density at radius 1 is 1.04 bits per heavy atom. The van der Waals surface area contributed by atoms with Crippen molar-refractivity contribution >= 4 is 17.7 Å². The monoisotopic (exact) mass is 391 g/mol. The van der Waals surface area contributed by atoms with E-state index in [0.29, 0.717) is 6.61 Å². The van der Waals surface area contributed by atoms with Crippen molar-refractivity contribution in [2.75, 3.05) is 0 Å². The molecule has 1 heterocycles. The molecule has 144 valence electrons. The molecule has 28 heavy (non-hydrogen) atoms. The van der Waals surface area contributed by atoms with Crippen LogP contribution in [-0.2, 0) is 22.6 Å². The van der Waals surface area contributed by atoms with Gasteiger partial charge in [0.2, 0.25) is 0 Å². The Hall–Kier alpha value is -2.46. The van der Waals surface area contributed by atoms with Crippen LogP contribution in [0.4, 0.5) is 0 Å². The van der Waals surface area contributed by atoms with Crippen LogP contribution in [0.15, 0.2) is 77.8 Å². The molecule has 4 heteroatoms. The third kappa shape index (κ3) is 4.02. The Morgan fingerprint density at radius 2 is 1.71 bits per heavy atom. The van der Waals surface area contributed by atoms with E-state index in [1.165, 1.54) is 16.0 Å². The van der Waals surface area contributed by atoms with Crippen LogP contribution in [0.2, 0.25) is 0 Å². The number of aromatic amines is 1. The molecule has 0 amide bonds. The van der Waals surface area contributed by atoms with Gasteiger partial charge < -0.3 is 9.72 Å². The number of rotatable bonds is 7. The molecule has 2 atom stereocenters. The van der Waals surface area contributed by atoms with Crippen LogP contribution in [0.25, 0.3) is 0 Å². The van der Waals surface area contributed by atoms with Gasteiger partial charge in [-0.1, -0.05) is 62.4 Å². The van der Waals surface area contributed by atoms with E-state index in [-0.39, 0.29) is 22.6 Å². The first kappa shape index (κ1) is 18.9. The molecular weight excluding hydrogens is 366 g/mol. The number of carbonyl (C=O) groups is 1. The first-order valence-electron chi connectivity index (χ1n) is 9.63. The summed E-state index contributed by atoms with van der Waals surface area (Å²) in [5.41, 5.74) is 3.35. The molecule has 1 aliphatic rings. The summed E-state index contributed by atoms with van der Waals surface area (Å²) < 4.78 is 5.71. The number of H-pyrrole nitrogens is 1. The van der Waals surface area contributed by atoms with Crippen LogP contribution in [0.3, 0.4) is 0 Å². The van der Waals surface area contributed by atoms with Crippen LogP contribution < -0.4 is 0 Å². The molecule has 0 aliphatic heterocycles. The highest BCUT2D eigenvalue weighted by atomic mass is 32.2. The minimum Gasteiger partial charge on any atom is -0.459 e. The number of aromatic nitrogens is 1. The fraction of sp³-hybridized carbons (Fsp3) is 0.292. The summed E-state index contributed by atoms with van der Waals surface area (Å²) in [6.07, 6.45) is 2.75. The topological polar surface area (TPSA) is 42.1 Å². The van der Waals surface area contributed by atoms with Crippen molar-refractivity contribution < 1.29 is 9.53 Å². The maximum Gasteiger partial charge on any atom is 0.311 e. The molecule has 0 spiro atoms. The number of hydrogen-bond donors (Lipinski definition) is 1. The highest BCUT2D eigenvalue weighted by Crippen LogP contribution is 2.61. The maximum atomic E-state index is 12.7. The number of nitrogens with one attached hydrogen (secondary N) is 1. The summed E-state index contributed by atoms with van der Waals surface area (Å²) >= 11 is 1.77. The van der Waals surface area contributed by atoms with Crippen molar-refractivity contribution in [3.8, 4) is 0 Å². The van der Waals surface area contributed by atoms with Crippen LogP contribution in [0.5, 0.6) is 0 Å². The average Bonchev–Trinajstić information content (AvgIpc) is 3.01. The zero-order chi connectivity index (χ0) is 19.6. The largest absolute Gasteiger partial charge is 0.459 e. The maximum absolute atomic E-state index is 12.7. The number of ether oxygens (including phenoxy) is 1. The molecule has 2 aromatic carbocycles. The van der Waals surface area contributed by atoms with Gasteiger partial charge in [-0.3, -0.25) is 4.79 Å². The minimum atomic E-state index is -0.0984. The van der Waals surface area contributed by atoms with Gasteiger partial charge in [-0.25, -0.2) is 0 Å². The van der Waals surface area contributed by atoms with Crippen molar-refractivity contribution in [1.29, 1.82) is 0 Å². The van der Waals surface area contributed by atoms with E-state index in [9.17, 15) is 4.79 Å². The second-order valence-corrected chi connectivity index (χ2v) is 9.12. The number of esters is 1. The molecule has 0 saturated heterocycles. The van der Waals surface area contributed by atoms with E-state index < -0.39 is 0 Å². The lowest BCUT2D eigenvalue weighted by molar-refractivity contribution is -0.147. The number of carbonyl (C=O) groups excluding carboxylic acids is 1. The van der Waals surface area contributed by atoms with E-state index >= 15 is 0 Å². The van der Waals surface area contributed by atoms with Crippen molar-refractivity contribution in [3.05, 3.63) is 89.7 Å². The molecule has 1 aromatic heterocycles. The predicted molar refractivity (Wildman–Crippen MR) is 113 cm³/mol. The molecule has 1 aliphatic carbocycles. The second kappa shape index (κ2) is 7.88. The van der Waals surface area contributed by atoms with Gasteiger partial charge in [0.15, 0.2) is 0 Å². The normalized spacial score (nSPS) is 19.9. The lowest BCUT2D eigenvalue weighted by Gasteiger charge is -2.07. The fourth-order valence-electron chi connectivity index (χ4n) is 3.67. The Balaban J connectivity index is 1.36. The SMILES string of the molecule is CC1(C)C(Sc2ccccc2)C1C(=O)OCc1[nH]ccc1Cc1ccccc1. The van der Waals surface area contributed by atoms with Crippen LogP contribution >= 0.6 is 11.8 Å². The van der Waals surface area contributed by atoms with Gasteiger partial charge in [0.05, 0.1) is 11.6 Å². The lowest BCUT2D eigenvalue weighted by Crippen LogP contribution is -2.11. The minimum absolute atomic E-state index is 0.0415. The molecule has 1 N–H and O–H groups in total. The lowest BCUT2D eigenvalue weighted by atomic mass is 10.1. The van der Waals surface area contributed by atoms with E-state index in [2.05, 4.69) is 49.2 Å². The van der Waals surface area contributed by atoms with Gasteiger partial charge in [-0.2, -0.15) is 0 Å². The first-order chi connectivity index (χ1) is 13.6. The molecule has 4 rings (SSSR count). The van der Waals surface area contributed by atoms with E-state index in [1.807, 2.05) is 42.6 Å². The summed E-state index contributed by atoms with van der Waals surface area (Å²) in [7, 11) is 0. The van der Waals surface area contributed by atoms with E-state index in [0.717, 1.165) is 12.1 Å². The number of thioether (sulfide) groups is 1. The summed E-state index contributed by atoms with van der Waals surface area (Å²) in [4.78, 5) is 17.2. The smallest absolute Gasteiger partial charge is 0.311 e. The van der Waals surface area contributed by atoms with Crippen molar-refractivity contribution in [3.63, 3.8) is 0 Å². The summed E-state index contributed by atoms with van der Waals surface area (Å²) in [5, 5.41) is 0.259. The molecule has 2 unspecified atom stereocenters. The van der Waals surface area contributed by atoms with Gasteiger partial charge >= 0.3 is 5.97 Å². The third-order valence-electron chi connectivity index (χ3n) is 5.51. The predicted octanol–water partition coefficient (Wildman–Crippen LogP) is 5.47. The summed E-state index contributed by atoms with van der Waals surface area (Å²) in [5.74, 6) is -0.163. The summed E-state index contributed by atoms with van der Waals surface area (Å²) in [6.45, 7) is 4.59. The second-order valence-electron chi connectivity index (χ2n) is 7.90. The molecule has 3 aromatic rings. The Morgan fingerprint density at radius 3 is 2.43 bits per heavy atom. The van der Waals surface area contributed by atoms with Gasteiger partial charge in [-0.05, 0) is 41.2 Å². The van der Waals surface area contributed by atoms with Crippen LogP contribution in [0.1, 0.15) is 30.7 Å². The zero-order valence-electron chi connectivity index (χ0n) is 16.2. The van der Waals surface area contributed by atoms with Crippen LogP contribution in [0, 0.1) is 11.3 Å². The molecule has 3 nitrogen and oxygen atoms in total. The highest BCUT2D eigenvalue weighted by molar-refractivity contribution is 8.00. The Labute approximate surface area is 170 Å². The van der Waals surface area contributed by atoms with Gasteiger partial charge in [0, 0.05) is 16.3 Å². The third-order valence-corrected chi connectivity index (χ3v) is 7.19. The van der Waals surface area contributed by atoms with Crippen LogP contribution in [-0.4, -0.2) is 16.2 Å². The standard InChI is InChI=1S/C24H25NO2S/c1-24(2)21(22(24)28-19-11-7-4-8-12-19)23(26)27-16-20-18(13-14-25-20)15-17-9-5-3-6-10-17/h3-14,21-22,25H,15-16H2,1-2H3. The molecule has 1 saturated carbocycles. The van der Waals surface area contributed by atoms with E-state index in [1.54, 1.807) is 11.8 Å². The van der Waals surface area contributed by atoms with Gasteiger partial charge in [0.25, 0.3) is 0 Å². The fourth-order valence-corrected chi connectivity index (χ4v) is 5.25. The molecular formula is C24H25NO2S. The van der Waals surface area contributed by atoms with E-state index in [4.69, 9.17) is 4.74 Å². The quantitative estimate of drug-likeness (QED) is 0.543. The average molecular weight is 392 g/mol. The van der Waals surface area contributed by atoms with Crippen molar-refractivity contribution in [1.82, 2.24) is 4.98 Å². The van der Waals surface area contributed by atoms with Gasteiger partial charge in [0.1, 0.15) is 6.61 Å². The Kier molecular flexibility index (Phi) is 5.31.